The van der Waals surface area contributed by atoms with Crippen LogP contribution in [0.25, 0.3) is 11.4 Å². The highest BCUT2D eigenvalue weighted by Crippen LogP contribution is 2.38. The summed E-state index contributed by atoms with van der Waals surface area (Å²) in [6.07, 6.45) is 6.05. The molecular weight excluding hydrogens is 437 g/mol. The summed E-state index contributed by atoms with van der Waals surface area (Å²) in [7, 11) is 0. The van der Waals surface area contributed by atoms with Crippen LogP contribution in [0.2, 0.25) is 10.0 Å². The van der Waals surface area contributed by atoms with E-state index in [9.17, 15) is 0 Å². The molecule has 4 nitrogen and oxygen atoms in total. The van der Waals surface area contributed by atoms with Crippen LogP contribution < -0.4 is 4.74 Å². The molecule has 3 aromatic rings. The van der Waals surface area contributed by atoms with Gasteiger partial charge in [0.25, 0.3) is 0 Å². The molecule has 1 fully saturated rings. The largest absolute Gasteiger partial charge is 0.493 e. The SMILES string of the molecule is Cc1ccc(OCCSc2nnc(-c3ccc(Cl)cc3Cl)n2C2CCCCC2)cc1. The van der Waals surface area contributed by atoms with Crippen molar-refractivity contribution in [1.82, 2.24) is 14.8 Å². The first-order valence-electron chi connectivity index (χ1n) is 10.3. The Morgan fingerprint density at radius 3 is 2.53 bits per heavy atom. The summed E-state index contributed by atoms with van der Waals surface area (Å²) in [5.74, 6) is 2.52. The van der Waals surface area contributed by atoms with Crippen molar-refractivity contribution >= 4 is 35.0 Å². The Morgan fingerprint density at radius 1 is 1.03 bits per heavy atom. The standard InChI is InChI=1S/C23H25Cl2N3OS/c1-16-7-10-19(11-8-16)29-13-14-30-23-27-26-22(20-12-9-17(24)15-21(20)25)28(23)18-5-3-2-4-6-18/h7-12,15,18H,2-6,13-14H2,1H3. The van der Waals surface area contributed by atoms with Crippen LogP contribution in [-0.2, 0) is 0 Å². The molecule has 0 spiro atoms. The van der Waals surface area contributed by atoms with Gasteiger partial charge < -0.3 is 4.74 Å². The average molecular weight is 462 g/mol. The molecule has 7 heteroatoms. The lowest BCUT2D eigenvalue weighted by atomic mass is 9.95. The third-order valence-electron chi connectivity index (χ3n) is 5.38. The fraction of sp³-hybridized carbons (Fsp3) is 0.391. The van der Waals surface area contributed by atoms with E-state index in [0.29, 0.717) is 22.7 Å². The molecule has 1 aromatic heterocycles. The third kappa shape index (κ3) is 5.13. The topological polar surface area (TPSA) is 39.9 Å². The molecule has 1 aliphatic rings. The van der Waals surface area contributed by atoms with Crippen molar-refractivity contribution in [3.63, 3.8) is 0 Å². The maximum Gasteiger partial charge on any atom is 0.191 e. The van der Waals surface area contributed by atoms with Crippen LogP contribution in [0, 0.1) is 6.92 Å². The minimum Gasteiger partial charge on any atom is -0.493 e. The van der Waals surface area contributed by atoms with Crippen molar-refractivity contribution < 1.29 is 4.74 Å². The first-order chi connectivity index (χ1) is 14.6. The van der Waals surface area contributed by atoms with Crippen LogP contribution in [0.5, 0.6) is 5.75 Å². The Bertz CT molecular complexity index is 985. The summed E-state index contributed by atoms with van der Waals surface area (Å²) in [6.45, 7) is 2.69. The molecule has 0 saturated heterocycles. The average Bonchev–Trinajstić information content (AvgIpc) is 3.16. The summed E-state index contributed by atoms with van der Waals surface area (Å²) in [6, 6.07) is 14.1. The molecular formula is C23H25Cl2N3OS. The molecule has 1 saturated carbocycles. The molecule has 4 rings (SSSR count). The summed E-state index contributed by atoms with van der Waals surface area (Å²) in [5.41, 5.74) is 2.10. The molecule has 2 aromatic carbocycles. The Labute approximate surface area is 191 Å². The highest BCUT2D eigenvalue weighted by atomic mass is 35.5. The summed E-state index contributed by atoms with van der Waals surface area (Å²) >= 11 is 14.3. The summed E-state index contributed by atoms with van der Waals surface area (Å²) in [4.78, 5) is 0. The van der Waals surface area contributed by atoms with Gasteiger partial charge in [0.05, 0.1) is 11.6 Å². The van der Waals surface area contributed by atoms with E-state index in [-0.39, 0.29) is 0 Å². The van der Waals surface area contributed by atoms with Gasteiger partial charge in [0.2, 0.25) is 0 Å². The van der Waals surface area contributed by atoms with Gasteiger partial charge in [-0.3, -0.25) is 4.57 Å². The van der Waals surface area contributed by atoms with Crippen LogP contribution in [0.4, 0.5) is 0 Å². The van der Waals surface area contributed by atoms with E-state index in [4.69, 9.17) is 27.9 Å². The summed E-state index contributed by atoms with van der Waals surface area (Å²) in [5, 5.41) is 11.2. The maximum absolute atomic E-state index is 6.50. The van der Waals surface area contributed by atoms with Crippen LogP contribution in [-0.4, -0.2) is 27.1 Å². The Hall–Kier alpha value is -1.69. The number of hydrogen-bond donors (Lipinski definition) is 0. The number of hydrogen-bond acceptors (Lipinski definition) is 4. The molecule has 158 valence electrons. The Kier molecular flexibility index (Phi) is 7.24. The molecule has 1 heterocycles. The van der Waals surface area contributed by atoms with Crippen LogP contribution >= 0.6 is 35.0 Å². The maximum atomic E-state index is 6.50. The smallest absolute Gasteiger partial charge is 0.191 e. The van der Waals surface area contributed by atoms with E-state index in [1.165, 1.54) is 24.8 Å². The van der Waals surface area contributed by atoms with Gasteiger partial charge in [-0.05, 0) is 50.1 Å². The first kappa shape index (κ1) is 21.5. The predicted molar refractivity (Wildman–Crippen MR) is 125 cm³/mol. The van der Waals surface area contributed by atoms with Gasteiger partial charge in [-0.25, -0.2) is 0 Å². The number of benzene rings is 2. The lowest BCUT2D eigenvalue weighted by Crippen LogP contribution is -2.15. The fourth-order valence-electron chi connectivity index (χ4n) is 3.83. The van der Waals surface area contributed by atoms with Gasteiger partial charge in [0.1, 0.15) is 5.75 Å². The van der Waals surface area contributed by atoms with Gasteiger partial charge in [-0.1, -0.05) is 71.9 Å². The van der Waals surface area contributed by atoms with Gasteiger partial charge in [0, 0.05) is 22.4 Å². The second kappa shape index (κ2) is 10.1. The van der Waals surface area contributed by atoms with Crippen LogP contribution in [0.1, 0.15) is 43.7 Å². The van der Waals surface area contributed by atoms with Gasteiger partial charge in [-0.15, -0.1) is 10.2 Å². The van der Waals surface area contributed by atoms with Crippen molar-refractivity contribution in [2.75, 3.05) is 12.4 Å². The predicted octanol–water partition coefficient (Wildman–Crippen LogP) is 7.24. The molecule has 1 aliphatic carbocycles. The van der Waals surface area contributed by atoms with Crippen molar-refractivity contribution in [3.05, 3.63) is 58.1 Å². The van der Waals surface area contributed by atoms with E-state index < -0.39 is 0 Å². The quantitative estimate of drug-likeness (QED) is 0.274. The molecule has 0 unspecified atom stereocenters. The van der Waals surface area contributed by atoms with E-state index in [1.807, 2.05) is 24.3 Å². The van der Waals surface area contributed by atoms with Crippen molar-refractivity contribution in [3.8, 4) is 17.1 Å². The molecule has 0 amide bonds. The number of ether oxygens (including phenoxy) is 1. The zero-order valence-corrected chi connectivity index (χ0v) is 19.3. The van der Waals surface area contributed by atoms with Crippen molar-refractivity contribution in [1.29, 1.82) is 0 Å². The zero-order valence-electron chi connectivity index (χ0n) is 17.0. The Balaban J connectivity index is 1.51. The number of aromatic nitrogens is 3. The normalized spacial score (nSPS) is 14.8. The van der Waals surface area contributed by atoms with E-state index in [1.54, 1.807) is 17.8 Å². The molecule has 0 radical (unpaired) electrons. The minimum atomic E-state index is 0.399. The second-order valence-electron chi connectivity index (χ2n) is 7.60. The number of aryl methyl sites for hydroxylation is 1. The lowest BCUT2D eigenvalue weighted by molar-refractivity contribution is 0.336. The lowest BCUT2D eigenvalue weighted by Gasteiger charge is -2.25. The molecule has 0 atom stereocenters. The van der Waals surface area contributed by atoms with Gasteiger partial charge >= 0.3 is 0 Å². The minimum absolute atomic E-state index is 0.399. The molecule has 0 bridgehead atoms. The van der Waals surface area contributed by atoms with Gasteiger partial charge in [0.15, 0.2) is 11.0 Å². The monoisotopic (exact) mass is 461 g/mol. The highest BCUT2D eigenvalue weighted by molar-refractivity contribution is 7.99. The second-order valence-corrected chi connectivity index (χ2v) is 9.51. The third-order valence-corrected chi connectivity index (χ3v) is 6.84. The number of halogens is 2. The van der Waals surface area contributed by atoms with Crippen molar-refractivity contribution in [2.24, 2.45) is 0 Å². The number of thioether (sulfide) groups is 1. The fourth-order valence-corrected chi connectivity index (χ4v) is 5.14. The summed E-state index contributed by atoms with van der Waals surface area (Å²) < 4.78 is 8.16. The highest BCUT2D eigenvalue weighted by Gasteiger charge is 2.24. The Morgan fingerprint density at radius 2 is 1.80 bits per heavy atom. The van der Waals surface area contributed by atoms with E-state index in [2.05, 4.69) is 33.8 Å². The van der Waals surface area contributed by atoms with E-state index in [0.717, 1.165) is 40.9 Å². The molecule has 0 aliphatic heterocycles. The van der Waals surface area contributed by atoms with Crippen LogP contribution in [0.3, 0.4) is 0 Å². The number of rotatable bonds is 7. The van der Waals surface area contributed by atoms with Crippen molar-refractivity contribution in [2.45, 2.75) is 50.2 Å². The van der Waals surface area contributed by atoms with E-state index >= 15 is 0 Å². The molecule has 30 heavy (non-hydrogen) atoms. The first-order valence-corrected chi connectivity index (χ1v) is 12.1. The molecule has 0 N–H and O–H groups in total. The van der Waals surface area contributed by atoms with Gasteiger partial charge in [-0.2, -0.15) is 0 Å². The number of nitrogens with zero attached hydrogens (tertiary/aromatic N) is 3. The zero-order chi connectivity index (χ0) is 20.9. The van der Waals surface area contributed by atoms with Crippen LogP contribution in [0.15, 0.2) is 47.6 Å².